The van der Waals surface area contributed by atoms with Gasteiger partial charge in [0.25, 0.3) is 0 Å². The third-order valence-electron chi connectivity index (χ3n) is 3.14. The van der Waals surface area contributed by atoms with Gasteiger partial charge in [0.15, 0.2) is 0 Å². The molecule has 1 unspecified atom stereocenters. The highest BCUT2D eigenvalue weighted by atomic mass is 19.4. The minimum Gasteiger partial charge on any atom is -0.352 e. The first-order valence-electron chi connectivity index (χ1n) is 6.93. The highest BCUT2D eigenvalue weighted by Gasteiger charge is 2.33. The summed E-state index contributed by atoms with van der Waals surface area (Å²) in [6.07, 6.45) is -2.04. The maximum absolute atomic E-state index is 13.0. The van der Waals surface area contributed by atoms with E-state index in [1.807, 2.05) is 13.8 Å². The fourth-order valence-corrected chi connectivity index (χ4v) is 1.80. The van der Waals surface area contributed by atoms with Crippen molar-refractivity contribution in [3.8, 4) is 0 Å². The molecule has 0 spiro atoms. The predicted molar refractivity (Wildman–Crippen MR) is 80.1 cm³/mol. The molecule has 0 radical (unpaired) electrons. The Bertz CT molecular complexity index is 628. The molecule has 1 aromatic heterocycles. The minimum absolute atomic E-state index is 0.0387. The number of halogens is 3. The van der Waals surface area contributed by atoms with Gasteiger partial charge < -0.3 is 10.6 Å². The van der Waals surface area contributed by atoms with Crippen molar-refractivity contribution >= 4 is 17.5 Å². The quantitative estimate of drug-likeness (QED) is 0.856. The van der Waals surface area contributed by atoms with Crippen LogP contribution >= 0.6 is 0 Å². The number of alkyl halides is 3. The van der Waals surface area contributed by atoms with Gasteiger partial charge in [0.05, 0.1) is 11.3 Å². The number of aromatic nitrogens is 2. The average Bonchev–Trinajstić information content (AvgIpc) is 2.47. The van der Waals surface area contributed by atoms with Crippen LogP contribution in [-0.2, 0) is 6.18 Å². The lowest BCUT2D eigenvalue weighted by molar-refractivity contribution is -0.136. The maximum atomic E-state index is 13.0. The van der Waals surface area contributed by atoms with E-state index in [0.717, 1.165) is 12.5 Å². The molecule has 2 N–H and O–H groups in total. The van der Waals surface area contributed by atoms with Crippen LogP contribution in [0.4, 0.5) is 30.6 Å². The van der Waals surface area contributed by atoms with Crippen molar-refractivity contribution < 1.29 is 13.2 Å². The van der Waals surface area contributed by atoms with Gasteiger partial charge in [-0.2, -0.15) is 18.2 Å². The van der Waals surface area contributed by atoms with Gasteiger partial charge in [-0.15, -0.1) is 0 Å². The standard InChI is InChI=1S/C15H17F3N4/c1-3-10(2)20-14-19-9-8-13(22-14)21-12-7-5-4-6-11(12)15(16,17)18/h4-10H,3H2,1-2H3,(H2,19,20,21,22). The number of benzene rings is 1. The number of hydrogen-bond donors (Lipinski definition) is 2. The van der Waals surface area contributed by atoms with Crippen molar-refractivity contribution in [2.24, 2.45) is 0 Å². The van der Waals surface area contributed by atoms with E-state index in [2.05, 4.69) is 20.6 Å². The molecule has 0 bridgehead atoms. The smallest absolute Gasteiger partial charge is 0.352 e. The van der Waals surface area contributed by atoms with E-state index in [1.54, 1.807) is 0 Å². The Hall–Kier alpha value is -2.31. The van der Waals surface area contributed by atoms with Crippen LogP contribution < -0.4 is 10.6 Å². The Labute approximate surface area is 126 Å². The summed E-state index contributed by atoms with van der Waals surface area (Å²) in [7, 11) is 0. The summed E-state index contributed by atoms with van der Waals surface area (Å²) in [5.74, 6) is 0.682. The molecular formula is C15H17F3N4. The van der Waals surface area contributed by atoms with Crippen molar-refractivity contribution in [1.29, 1.82) is 0 Å². The summed E-state index contributed by atoms with van der Waals surface area (Å²) in [6, 6.07) is 6.99. The molecule has 2 aromatic rings. The molecule has 7 heteroatoms. The van der Waals surface area contributed by atoms with Crippen molar-refractivity contribution in [3.63, 3.8) is 0 Å². The van der Waals surface area contributed by atoms with Crippen LogP contribution in [0, 0.1) is 0 Å². The van der Waals surface area contributed by atoms with E-state index in [0.29, 0.717) is 11.8 Å². The first-order chi connectivity index (χ1) is 10.4. The second kappa shape index (κ2) is 6.64. The third kappa shape index (κ3) is 4.09. The Balaban J connectivity index is 2.23. The van der Waals surface area contributed by atoms with Crippen molar-refractivity contribution in [2.75, 3.05) is 10.6 Å². The van der Waals surface area contributed by atoms with Crippen LogP contribution in [0.2, 0.25) is 0 Å². The number of hydrogen-bond acceptors (Lipinski definition) is 4. The Morgan fingerprint density at radius 1 is 1.18 bits per heavy atom. The number of nitrogens with zero attached hydrogens (tertiary/aromatic N) is 2. The highest BCUT2D eigenvalue weighted by Crippen LogP contribution is 2.35. The van der Waals surface area contributed by atoms with Crippen molar-refractivity contribution in [3.05, 3.63) is 42.1 Å². The second-order valence-electron chi connectivity index (χ2n) is 4.89. The lowest BCUT2D eigenvalue weighted by Crippen LogP contribution is -2.16. The molecule has 0 aliphatic rings. The lowest BCUT2D eigenvalue weighted by atomic mass is 10.1. The van der Waals surface area contributed by atoms with Gasteiger partial charge in [0, 0.05) is 12.2 Å². The molecule has 1 heterocycles. The third-order valence-corrected chi connectivity index (χ3v) is 3.14. The molecule has 0 aliphatic carbocycles. The zero-order valence-electron chi connectivity index (χ0n) is 12.3. The monoisotopic (exact) mass is 310 g/mol. The maximum Gasteiger partial charge on any atom is 0.418 e. The van der Waals surface area contributed by atoms with Crippen LogP contribution in [0.15, 0.2) is 36.5 Å². The Kier molecular flexibility index (Phi) is 4.85. The number of nitrogens with one attached hydrogen (secondary N) is 2. The highest BCUT2D eigenvalue weighted by molar-refractivity contribution is 5.61. The summed E-state index contributed by atoms with van der Waals surface area (Å²) >= 11 is 0. The van der Waals surface area contributed by atoms with E-state index >= 15 is 0 Å². The zero-order chi connectivity index (χ0) is 16.2. The van der Waals surface area contributed by atoms with Gasteiger partial charge in [-0.05, 0) is 31.5 Å². The molecule has 2 rings (SSSR count). The summed E-state index contributed by atoms with van der Waals surface area (Å²) < 4.78 is 38.9. The molecular weight excluding hydrogens is 293 g/mol. The fourth-order valence-electron chi connectivity index (χ4n) is 1.80. The first-order valence-corrected chi connectivity index (χ1v) is 6.93. The predicted octanol–water partition coefficient (Wildman–Crippen LogP) is 4.45. The summed E-state index contributed by atoms with van der Waals surface area (Å²) in [4.78, 5) is 8.23. The molecule has 0 aliphatic heterocycles. The van der Waals surface area contributed by atoms with E-state index in [-0.39, 0.29) is 11.7 Å². The van der Waals surface area contributed by atoms with Crippen molar-refractivity contribution in [2.45, 2.75) is 32.5 Å². The van der Waals surface area contributed by atoms with Gasteiger partial charge in [0.2, 0.25) is 5.95 Å². The van der Waals surface area contributed by atoms with Gasteiger partial charge in [0.1, 0.15) is 5.82 Å². The van der Waals surface area contributed by atoms with Crippen molar-refractivity contribution in [1.82, 2.24) is 9.97 Å². The van der Waals surface area contributed by atoms with E-state index in [9.17, 15) is 13.2 Å². The van der Waals surface area contributed by atoms with Gasteiger partial charge in [-0.3, -0.25) is 0 Å². The van der Waals surface area contributed by atoms with Crippen LogP contribution in [0.1, 0.15) is 25.8 Å². The molecule has 4 nitrogen and oxygen atoms in total. The van der Waals surface area contributed by atoms with Crippen LogP contribution in [-0.4, -0.2) is 16.0 Å². The molecule has 0 amide bonds. The lowest BCUT2D eigenvalue weighted by Gasteiger charge is -2.15. The molecule has 0 saturated carbocycles. The summed E-state index contributed by atoms with van der Waals surface area (Å²) in [6.45, 7) is 3.99. The topological polar surface area (TPSA) is 49.8 Å². The van der Waals surface area contributed by atoms with Crippen LogP contribution in [0.3, 0.4) is 0 Å². The van der Waals surface area contributed by atoms with Crippen LogP contribution in [0.25, 0.3) is 0 Å². The zero-order valence-corrected chi connectivity index (χ0v) is 12.3. The largest absolute Gasteiger partial charge is 0.418 e. The molecule has 0 saturated heterocycles. The molecule has 22 heavy (non-hydrogen) atoms. The minimum atomic E-state index is -4.42. The van der Waals surface area contributed by atoms with E-state index < -0.39 is 11.7 Å². The summed E-state index contributed by atoms with van der Waals surface area (Å²) in [5, 5.41) is 5.78. The SMILES string of the molecule is CCC(C)Nc1nccc(Nc2ccccc2C(F)(F)F)n1. The molecule has 1 atom stereocenters. The normalized spacial score (nSPS) is 12.8. The second-order valence-corrected chi connectivity index (χ2v) is 4.89. The Morgan fingerprint density at radius 3 is 2.59 bits per heavy atom. The summed E-state index contributed by atoms with van der Waals surface area (Å²) in [5.41, 5.74) is -0.770. The van der Waals surface area contributed by atoms with Gasteiger partial charge in [-0.1, -0.05) is 19.1 Å². The van der Waals surface area contributed by atoms with E-state index in [1.165, 1.54) is 30.5 Å². The van der Waals surface area contributed by atoms with Crippen LogP contribution in [0.5, 0.6) is 0 Å². The Morgan fingerprint density at radius 2 is 1.91 bits per heavy atom. The molecule has 1 aromatic carbocycles. The molecule has 0 fully saturated rings. The number of rotatable bonds is 5. The van der Waals surface area contributed by atoms with Gasteiger partial charge in [-0.25, -0.2) is 4.98 Å². The van der Waals surface area contributed by atoms with Gasteiger partial charge >= 0.3 is 6.18 Å². The average molecular weight is 310 g/mol. The number of para-hydroxylation sites is 1. The first kappa shape index (κ1) is 16.1. The van der Waals surface area contributed by atoms with E-state index in [4.69, 9.17) is 0 Å². The number of anilines is 3. The fraction of sp³-hybridized carbons (Fsp3) is 0.333. The molecule has 118 valence electrons.